The molecule has 0 spiro atoms. The molecule has 6 nitrogen and oxygen atoms in total. The second-order valence-electron chi connectivity index (χ2n) is 18.7. The number of hydrogen-bond acceptors (Lipinski definition) is 5. The normalized spacial score (nSPS) is 14.6. The fourth-order valence-corrected chi connectivity index (χ4v) is 8.63. The van der Waals surface area contributed by atoms with Gasteiger partial charge in [-0.3, -0.25) is 0 Å². The number of para-hydroxylation sites is 4. The average Bonchev–Trinajstić information content (AvgIpc) is 4.14. The maximum absolute atomic E-state index is 9.05. The number of ether oxygens (including phenoxy) is 2. The Balaban J connectivity index is 0.00000704. The van der Waals surface area contributed by atoms with Gasteiger partial charge in [-0.1, -0.05) is 162 Å². The van der Waals surface area contributed by atoms with E-state index in [1.54, 1.807) is 42.0 Å². The summed E-state index contributed by atoms with van der Waals surface area (Å²) in [4.78, 5) is 8.44. The van der Waals surface area contributed by atoms with Crippen molar-refractivity contribution in [3.05, 3.63) is 224 Å². The molecule has 2 aromatic heterocycles. The SMILES string of the molecule is [2H]c1c([2H])c([2H])c(-c2cccc(-c3c([2H])c([2H])c([2H])c([2H])c3[2H])c2N2[CH-]N(c3[c-]c(Oc4[c-]c5c(cc4)c4ccccc4n5-c4cc(Oc5cc(C(C)(C)C)cc(C(C)(C)C)c5)ccn4)ccc3)c3ccccc32)c([2H])c1[2H].[Pt]. The minimum Gasteiger partial charge on any atom is -0.509 e. The summed E-state index contributed by atoms with van der Waals surface area (Å²) in [5, 5.41) is 1.94. The first kappa shape index (κ1) is 34.8. The quantitative estimate of drug-likeness (QED) is 0.135. The van der Waals surface area contributed by atoms with Gasteiger partial charge in [0.15, 0.2) is 0 Å². The summed E-state index contributed by atoms with van der Waals surface area (Å²) in [7, 11) is 0. The summed E-state index contributed by atoms with van der Waals surface area (Å²) in [5.41, 5.74) is 5.87. The number of fused-ring (bicyclic) bond motifs is 4. The first-order valence-electron chi connectivity index (χ1n) is 27.4. The molecule has 8 aromatic carbocycles. The van der Waals surface area contributed by atoms with Crippen LogP contribution < -0.4 is 19.3 Å². The molecular formula is C62H51N4O2Pt-3. The molecular weight excluding hydrogens is 1030 g/mol. The van der Waals surface area contributed by atoms with E-state index in [-0.39, 0.29) is 59.8 Å². The van der Waals surface area contributed by atoms with Crippen molar-refractivity contribution in [2.24, 2.45) is 0 Å². The van der Waals surface area contributed by atoms with Gasteiger partial charge in [0.25, 0.3) is 0 Å². The van der Waals surface area contributed by atoms with E-state index in [1.165, 1.54) is 11.1 Å². The third-order valence-electron chi connectivity index (χ3n) is 12.1. The van der Waals surface area contributed by atoms with Crippen LogP contribution >= 0.6 is 0 Å². The predicted molar refractivity (Wildman–Crippen MR) is 279 cm³/mol. The van der Waals surface area contributed by atoms with Crippen LogP contribution in [0, 0.1) is 18.8 Å². The van der Waals surface area contributed by atoms with Crippen molar-refractivity contribution in [2.45, 2.75) is 52.4 Å². The molecule has 0 atom stereocenters. The topological polar surface area (TPSA) is 42.8 Å². The molecule has 10 aromatic rings. The first-order valence-corrected chi connectivity index (χ1v) is 22.4. The number of rotatable bonds is 9. The third kappa shape index (κ3) is 8.82. The summed E-state index contributed by atoms with van der Waals surface area (Å²) in [6.45, 7) is 14.9. The smallest absolute Gasteiger partial charge is 0.139 e. The Morgan fingerprint density at radius 3 is 1.83 bits per heavy atom. The van der Waals surface area contributed by atoms with Crippen LogP contribution in [-0.2, 0) is 31.9 Å². The van der Waals surface area contributed by atoms with Crippen molar-refractivity contribution in [3.63, 3.8) is 0 Å². The fraction of sp³-hybridized carbons (Fsp3) is 0.129. The molecule has 11 rings (SSSR count). The largest absolute Gasteiger partial charge is 0.509 e. The van der Waals surface area contributed by atoms with Gasteiger partial charge in [-0.2, -0.15) is 12.1 Å². The van der Waals surface area contributed by atoms with Crippen LogP contribution in [0.2, 0.25) is 0 Å². The molecule has 0 amide bonds. The molecule has 0 N–H and O–H groups in total. The first-order chi connectivity index (χ1) is 37.1. The summed E-state index contributed by atoms with van der Waals surface area (Å²) in [6.07, 6.45) is 1.74. The summed E-state index contributed by atoms with van der Waals surface area (Å²) in [5.74, 6) is 2.75. The molecule has 0 unspecified atom stereocenters. The zero-order valence-corrected chi connectivity index (χ0v) is 41.0. The van der Waals surface area contributed by atoms with Crippen molar-refractivity contribution in [1.82, 2.24) is 9.55 Å². The summed E-state index contributed by atoms with van der Waals surface area (Å²) in [6, 6.07) is 41.6. The zero-order chi connectivity index (χ0) is 55.3. The molecule has 344 valence electrons. The van der Waals surface area contributed by atoms with Crippen LogP contribution in [0.5, 0.6) is 23.0 Å². The molecule has 0 saturated heterocycles. The third-order valence-corrected chi connectivity index (χ3v) is 12.1. The van der Waals surface area contributed by atoms with Gasteiger partial charge in [-0.15, -0.1) is 48.1 Å². The van der Waals surface area contributed by atoms with Gasteiger partial charge in [0, 0.05) is 78.5 Å². The zero-order valence-electron chi connectivity index (χ0n) is 48.7. The van der Waals surface area contributed by atoms with Crippen molar-refractivity contribution < 1.29 is 44.2 Å². The van der Waals surface area contributed by atoms with Gasteiger partial charge in [-0.25, -0.2) is 4.98 Å². The van der Waals surface area contributed by atoms with E-state index in [2.05, 4.69) is 77.9 Å². The molecule has 1 aliphatic heterocycles. The molecule has 0 radical (unpaired) electrons. The molecule has 0 aliphatic carbocycles. The Labute approximate surface area is 433 Å². The maximum Gasteiger partial charge on any atom is 0.139 e. The van der Waals surface area contributed by atoms with E-state index >= 15 is 0 Å². The summed E-state index contributed by atoms with van der Waals surface area (Å²) < 4.78 is 103. The maximum atomic E-state index is 9.05. The van der Waals surface area contributed by atoms with Crippen LogP contribution in [0.25, 0.3) is 49.9 Å². The molecule has 7 heteroatoms. The molecule has 0 fully saturated rings. The number of pyridine rings is 1. The minimum absolute atomic E-state index is 0. The Hall–Kier alpha value is -7.40. The van der Waals surface area contributed by atoms with Crippen molar-refractivity contribution in [1.29, 1.82) is 0 Å². The number of anilines is 4. The van der Waals surface area contributed by atoms with Crippen LogP contribution in [0.15, 0.2) is 194 Å². The average molecular weight is 1090 g/mol. The Kier molecular flexibility index (Phi) is 9.21. The molecule has 1 aliphatic rings. The standard InChI is InChI=1S/C62H51N4O2.Pt/c1-61(2,3)44-35-45(62(4,5)6)37-50(36-44)68-49-33-34-63-59(40-49)66-55-28-14-13-25-53(55)54-32-31-48(39-58(54)66)67-47-24-17-23-46(38-47)64-41-65(57-30-16-15-29-56(57)64)60-51(42-19-9-7-10-20-42)26-18-27-52(60)43-21-11-8-12-22-43;/h7-37,40-41H,1-6H3;/q-3;/i7D,8D,9D,10D,11D,12D,19D,20D,21D,22D;. The van der Waals surface area contributed by atoms with E-state index in [0.29, 0.717) is 40.1 Å². The van der Waals surface area contributed by atoms with E-state index in [0.717, 1.165) is 27.6 Å². The second-order valence-corrected chi connectivity index (χ2v) is 18.7. The van der Waals surface area contributed by atoms with E-state index in [1.807, 2.05) is 88.3 Å². The number of hydrogen-bond donors (Lipinski definition) is 0. The number of nitrogens with zero attached hydrogens (tertiary/aromatic N) is 4. The van der Waals surface area contributed by atoms with Gasteiger partial charge >= 0.3 is 0 Å². The Bertz CT molecular complexity index is 3920. The van der Waals surface area contributed by atoms with Crippen LogP contribution in [-0.4, -0.2) is 9.55 Å². The minimum atomic E-state index is -0.570. The van der Waals surface area contributed by atoms with Crippen LogP contribution in [0.4, 0.5) is 22.7 Å². The van der Waals surface area contributed by atoms with E-state index in [4.69, 9.17) is 28.2 Å². The second kappa shape index (κ2) is 18.3. The van der Waals surface area contributed by atoms with Crippen molar-refractivity contribution >= 4 is 44.6 Å². The summed E-state index contributed by atoms with van der Waals surface area (Å²) >= 11 is 0. The Morgan fingerprint density at radius 2 is 1.16 bits per heavy atom. The van der Waals surface area contributed by atoms with Crippen molar-refractivity contribution in [3.8, 4) is 51.1 Å². The van der Waals surface area contributed by atoms with Gasteiger partial charge in [-0.05, 0) is 74.9 Å². The van der Waals surface area contributed by atoms with Gasteiger partial charge in [0.1, 0.15) is 17.3 Å². The van der Waals surface area contributed by atoms with Gasteiger partial charge in [0.05, 0.1) is 13.7 Å². The van der Waals surface area contributed by atoms with E-state index < -0.39 is 60.4 Å². The molecule has 69 heavy (non-hydrogen) atoms. The van der Waals surface area contributed by atoms with Gasteiger partial charge < -0.3 is 23.8 Å². The fourth-order valence-electron chi connectivity index (χ4n) is 8.63. The van der Waals surface area contributed by atoms with E-state index in [9.17, 15) is 0 Å². The van der Waals surface area contributed by atoms with Crippen LogP contribution in [0.1, 0.15) is 66.4 Å². The number of aromatic nitrogens is 2. The Morgan fingerprint density at radius 1 is 0.551 bits per heavy atom. The monoisotopic (exact) mass is 1090 g/mol. The molecule has 3 heterocycles. The number of benzene rings is 8. The van der Waals surface area contributed by atoms with Crippen LogP contribution in [0.3, 0.4) is 0 Å². The van der Waals surface area contributed by atoms with Gasteiger partial charge in [0.2, 0.25) is 0 Å². The molecule has 0 bridgehead atoms. The van der Waals surface area contributed by atoms with Crippen molar-refractivity contribution in [2.75, 3.05) is 9.80 Å². The molecule has 0 saturated carbocycles. The predicted octanol–water partition coefficient (Wildman–Crippen LogP) is 16.7.